The fourth-order valence-electron chi connectivity index (χ4n) is 1.74. The molecule has 1 heterocycles. The number of allylic oxidation sites excluding steroid dienone is 1. The van der Waals surface area contributed by atoms with Crippen LogP contribution in [0.25, 0.3) is 0 Å². The van der Waals surface area contributed by atoms with Gasteiger partial charge in [0.1, 0.15) is 5.60 Å². The number of carbonyl (C=O) groups is 1. The smallest absolute Gasteiger partial charge is 0.163 e. The summed E-state index contributed by atoms with van der Waals surface area (Å²) in [5.41, 5.74) is 0.217. The molecule has 0 N–H and O–H groups in total. The lowest BCUT2D eigenvalue weighted by Crippen LogP contribution is -2.30. The first kappa shape index (κ1) is 10.2. The molecule has 0 spiro atoms. The van der Waals surface area contributed by atoms with Gasteiger partial charge in [-0.3, -0.25) is 4.79 Å². The van der Waals surface area contributed by atoms with E-state index in [9.17, 15) is 4.79 Å². The maximum Gasteiger partial charge on any atom is 0.163 e. The zero-order chi connectivity index (χ0) is 10.9. The number of hydrogen-bond acceptors (Lipinski definition) is 2. The monoisotopic (exact) mass is 222 g/mol. The highest BCUT2D eigenvalue weighted by Gasteiger charge is 2.34. The number of rotatable bonds is 1. The Morgan fingerprint density at radius 2 is 2.13 bits per heavy atom. The van der Waals surface area contributed by atoms with E-state index in [1.54, 1.807) is 6.07 Å². The van der Waals surface area contributed by atoms with Crippen molar-refractivity contribution in [3.8, 4) is 0 Å². The van der Waals surface area contributed by atoms with Gasteiger partial charge in [-0.1, -0.05) is 29.8 Å². The van der Waals surface area contributed by atoms with Crippen molar-refractivity contribution < 1.29 is 9.53 Å². The molecule has 1 aliphatic heterocycles. The molecule has 0 bridgehead atoms. The fourth-order valence-corrected chi connectivity index (χ4v) is 2.08. The quantitative estimate of drug-likeness (QED) is 0.730. The van der Waals surface area contributed by atoms with Gasteiger partial charge in [-0.25, -0.2) is 0 Å². The fraction of sp³-hybridized carbons (Fsp3) is 0.250. The summed E-state index contributed by atoms with van der Waals surface area (Å²) >= 11 is 6.08. The van der Waals surface area contributed by atoms with Crippen molar-refractivity contribution in [3.05, 3.63) is 47.2 Å². The summed E-state index contributed by atoms with van der Waals surface area (Å²) in [6, 6.07) is 7.43. The van der Waals surface area contributed by atoms with Gasteiger partial charge < -0.3 is 4.74 Å². The van der Waals surface area contributed by atoms with Crippen molar-refractivity contribution in [2.75, 3.05) is 0 Å². The molecule has 0 aromatic heterocycles. The Labute approximate surface area is 93.5 Å². The van der Waals surface area contributed by atoms with E-state index in [1.165, 1.54) is 12.3 Å². The molecular formula is C12H11ClO2. The molecule has 1 atom stereocenters. The molecule has 0 saturated heterocycles. The lowest BCUT2D eigenvalue weighted by atomic mass is 9.89. The van der Waals surface area contributed by atoms with Gasteiger partial charge in [-0.05, 0) is 13.0 Å². The predicted molar refractivity (Wildman–Crippen MR) is 58.7 cm³/mol. The van der Waals surface area contributed by atoms with Crippen LogP contribution in [-0.4, -0.2) is 5.78 Å². The summed E-state index contributed by atoms with van der Waals surface area (Å²) in [7, 11) is 0. The third kappa shape index (κ3) is 1.90. The van der Waals surface area contributed by atoms with Crippen molar-refractivity contribution in [1.29, 1.82) is 0 Å². The average molecular weight is 223 g/mol. The minimum atomic E-state index is -0.635. The van der Waals surface area contributed by atoms with Gasteiger partial charge in [0.15, 0.2) is 5.78 Å². The number of hydrogen-bond donors (Lipinski definition) is 0. The van der Waals surface area contributed by atoms with Crippen LogP contribution in [0.2, 0.25) is 5.02 Å². The van der Waals surface area contributed by atoms with Crippen molar-refractivity contribution in [2.45, 2.75) is 18.9 Å². The van der Waals surface area contributed by atoms with Gasteiger partial charge in [0, 0.05) is 16.7 Å². The standard InChI is InChI=1S/C12H11ClO2/c1-12(8-9(14)6-7-15-12)10-4-2-3-5-11(10)13/h2-7H,8H2,1H3. The van der Waals surface area contributed by atoms with E-state index in [1.807, 2.05) is 25.1 Å². The van der Waals surface area contributed by atoms with E-state index in [-0.39, 0.29) is 5.78 Å². The second-order valence-electron chi connectivity index (χ2n) is 3.77. The third-order valence-electron chi connectivity index (χ3n) is 2.54. The Bertz CT molecular complexity index is 425. The van der Waals surface area contributed by atoms with E-state index in [2.05, 4.69) is 0 Å². The summed E-state index contributed by atoms with van der Waals surface area (Å²) in [5.74, 6) is 0.0590. The molecule has 0 saturated carbocycles. The van der Waals surface area contributed by atoms with Crippen LogP contribution >= 0.6 is 11.6 Å². The number of carbonyl (C=O) groups excluding carboxylic acids is 1. The molecule has 2 rings (SSSR count). The average Bonchev–Trinajstić information content (AvgIpc) is 2.17. The summed E-state index contributed by atoms with van der Waals surface area (Å²) in [6.45, 7) is 1.87. The number of ether oxygens (including phenoxy) is 1. The molecule has 0 radical (unpaired) electrons. The number of benzene rings is 1. The van der Waals surface area contributed by atoms with Gasteiger partial charge in [0.25, 0.3) is 0 Å². The Balaban J connectivity index is 2.42. The Hall–Kier alpha value is -1.28. The summed E-state index contributed by atoms with van der Waals surface area (Å²) in [6.07, 6.45) is 3.21. The SMILES string of the molecule is CC1(c2ccccc2Cl)CC(=O)C=CO1. The van der Waals surface area contributed by atoms with Crippen LogP contribution in [0.4, 0.5) is 0 Å². The largest absolute Gasteiger partial charge is 0.490 e. The highest BCUT2D eigenvalue weighted by atomic mass is 35.5. The van der Waals surface area contributed by atoms with Gasteiger partial charge in [0.2, 0.25) is 0 Å². The second kappa shape index (κ2) is 3.70. The molecule has 1 unspecified atom stereocenters. The summed E-state index contributed by atoms with van der Waals surface area (Å²) < 4.78 is 5.52. The zero-order valence-electron chi connectivity index (χ0n) is 8.37. The van der Waals surface area contributed by atoms with E-state index in [4.69, 9.17) is 16.3 Å². The van der Waals surface area contributed by atoms with Crippen molar-refractivity contribution in [3.63, 3.8) is 0 Å². The molecule has 3 heteroatoms. The molecular weight excluding hydrogens is 212 g/mol. The Morgan fingerprint density at radius 3 is 2.80 bits per heavy atom. The lowest BCUT2D eigenvalue weighted by molar-refractivity contribution is -0.122. The third-order valence-corrected chi connectivity index (χ3v) is 2.87. The molecule has 0 fully saturated rings. The van der Waals surface area contributed by atoms with Crippen LogP contribution in [0.5, 0.6) is 0 Å². The zero-order valence-corrected chi connectivity index (χ0v) is 9.12. The number of ketones is 1. The molecule has 1 aromatic rings. The summed E-state index contributed by atoms with van der Waals surface area (Å²) in [5, 5.41) is 0.628. The maximum atomic E-state index is 11.4. The maximum absolute atomic E-state index is 11.4. The van der Waals surface area contributed by atoms with E-state index in [0.717, 1.165) is 5.56 Å². The molecule has 1 aromatic carbocycles. The topological polar surface area (TPSA) is 26.3 Å². The lowest BCUT2D eigenvalue weighted by Gasteiger charge is -2.31. The van der Waals surface area contributed by atoms with Gasteiger partial charge in [0.05, 0.1) is 12.7 Å². The second-order valence-corrected chi connectivity index (χ2v) is 4.18. The van der Waals surface area contributed by atoms with Crippen LogP contribution in [0.1, 0.15) is 18.9 Å². The minimum absolute atomic E-state index is 0.0590. The van der Waals surface area contributed by atoms with Gasteiger partial charge in [-0.2, -0.15) is 0 Å². The highest BCUT2D eigenvalue weighted by Crippen LogP contribution is 2.36. The highest BCUT2D eigenvalue weighted by molar-refractivity contribution is 6.31. The molecule has 2 nitrogen and oxygen atoms in total. The van der Waals surface area contributed by atoms with E-state index < -0.39 is 5.60 Å². The number of halogens is 1. The van der Waals surface area contributed by atoms with Crippen LogP contribution in [0, 0.1) is 0 Å². The normalized spacial score (nSPS) is 25.1. The van der Waals surface area contributed by atoms with E-state index in [0.29, 0.717) is 11.4 Å². The summed E-state index contributed by atoms with van der Waals surface area (Å²) in [4.78, 5) is 11.4. The first-order valence-corrected chi connectivity index (χ1v) is 5.12. The van der Waals surface area contributed by atoms with E-state index >= 15 is 0 Å². The van der Waals surface area contributed by atoms with Crippen LogP contribution in [0.15, 0.2) is 36.6 Å². The predicted octanol–water partition coefficient (Wildman–Crippen LogP) is 3.06. The Morgan fingerprint density at radius 1 is 1.40 bits per heavy atom. The minimum Gasteiger partial charge on any atom is -0.490 e. The first-order valence-electron chi connectivity index (χ1n) is 4.74. The van der Waals surface area contributed by atoms with Crippen molar-refractivity contribution >= 4 is 17.4 Å². The molecule has 15 heavy (non-hydrogen) atoms. The van der Waals surface area contributed by atoms with Gasteiger partial charge in [-0.15, -0.1) is 0 Å². The van der Waals surface area contributed by atoms with Gasteiger partial charge >= 0.3 is 0 Å². The molecule has 1 aliphatic rings. The molecule has 0 aliphatic carbocycles. The molecule has 78 valence electrons. The molecule has 0 amide bonds. The van der Waals surface area contributed by atoms with Crippen LogP contribution in [-0.2, 0) is 15.1 Å². The Kier molecular flexibility index (Phi) is 2.53. The van der Waals surface area contributed by atoms with Crippen LogP contribution in [0.3, 0.4) is 0 Å². The van der Waals surface area contributed by atoms with Crippen molar-refractivity contribution in [2.24, 2.45) is 0 Å². The first-order chi connectivity index (χ1) is 7.12. The van der Waals surface area contributed by atoms with Crippen molar-refractivity contribution in [1.82, 2.24) is 0 Å². The van der Waals surface area contributed by atoms with Crippen LogP contribution < -0.4 is 0 Å².